The second kappa shape index (κ2) is 59.0. The van der Waals surface area contributed by atoms with E-state index in [1.165, 1.54) is 188 Å². The lowest BCUT2D eigenvalue weighted by molar-refractivity contribution is 0.466. The number of unbranched alkanes of at least 4 members (excludes halogenated alkanes) is 6. The largest absolute Gasteiger partial charge is 0.249 e. The minimum absolute atomic E-state index is 0.674. The first-order valence-electron chi connectivity index (χ1n) is 41.8. The van der Waals surface area contributed by atoms with Crippen LogP contribution in [-0.2, 0) is 77.8 Å². The van der Waals surface area contributed by atoms with Crippen molar-refractivity contribution in [2.24, 2.45) is 71.0 Å². The van der Waals surface area contributed by atoms with E-state index in [9.17, 15) is 0 Å². The van der Waals surface area contributed by atoms with E-state index in [0.29, 0.717) is 11.8 Å². The van der Waals surface area contributed by atoms with E-state index in [2.05, 4.69) is 256 Å². The summed E-state index contributed by atoms with van der Waals surface area (Å²) < 4.78 is 12.5. The Morgan fingerprint density at radius 2 is 0.373 bits per heavy atom. The van der Waals surface area contributed by atoms with Crippen molar-refractivity contribution in [2.75, 3.05) is 0 Å². The molecule has 102 heavy (non-hydrogen) atoms. The molecule has 0 aliphatic rings. The zero-order valence-electron chi connectivity index (χ0n) is 70.9. The number of nitrogens with zero attached hydrogens (tertiary/aromatic N) is 18. The van der Waals surface area contributed by atoms with Gasteiger partial charge in [-0.2, -0.15) is 0 Å². The quantitative estimate of drug-likeness (QED) is 0.0330. The first-order chi connectivity index (χ1) is 48.6. The van der Waals surface area contributed by atoms with Gasteiger partial charge < -0.3 is 0 Å². The lowest BCUT2D eigenvalue weighted by atomic mass is 10.1. The molecular formula is C84H162N18. The van der Waals surface area contributed by atoms with Gasteiger partial charge in [-0.15, -0.1) is 30.6 Å². The summed E-state index contributed by atoms with van der Waals surface area (Å²) in [7, 11) is 0. The van der Waals surface area contributed by atoms with E-state index in [-0.39, 0.29) is 0 Å². The van der Waals surface area contributed by atoms with Gasteiger partial charge in [0.25, 0.3) is 0 Å². The molecule has 6 aromatic rings. The average molecular weight is 1420 g/mol. The molecule has 0 aromatic carbocycles. The number of rotatable bonds is 48. The standard InChI is InChI=1S/6C14H27N3/c2*1-12(2)7-5-9-14-11-15-16-17(14)10-6-8-13(3)4;2*1-12(2)7-5-6-10-17-14(11-15-16-17)9-8-13(3)4;2*1-12(2)8-6-5-7-9-17-14(10-13(3)4)11-15-16-17/h6*11-13H,5-10H2,1-4H3. The van der Waals surface area contributed by atoms with Gasteiger partial charge in [0.15, 0.2) is 0 Å². The highest BCUT2D eigenvalue weighted by atomic mass is 15.4. The zero-order valence-corrected chi connectivity index (χ0v) is 70.9. The van der Waals surface area contributed by atoms with Crippen LogP contribution in [0.1, 0.15) is 354 Å². The van der Waals surface area contributed by atoms with Crippen molar-refractivity contribution >= 4 is 0 Å². The van der Waals surface area contributed by atoms with E-state index in [0.717, 1.165) is 137 Å². The van der Waals surface area contributed by atoms with Gasteiger partial charge in [0.05, 0.1) is 71.3 Å². The fourth-order valence-electron chi connectivity index (χ4n) is 11.9. The van der Waals surface area contributed by atoms with Crippen LogP contribution in [0, 0.1) is 71.0 Å². The molecule has 0 radical (unpaired) electrons. The molecular weight excluding hydrogens is 1260 g/mol. The minimum Gasteiger partial charge on any atom is -0.249 e. The maximum absolute atomic E-state index is 4.18. The topological polar surface area (TPSA) is 184 Å². The van der Waals surface area contributed by atoms with E-state index in [4.69, 9.17) is 0 Å². The van der Waals surface area contributed by atoms with Crippen molar-refractivity contribution in [3.05, 3.63) is 71.3 Å². The Morgan fingerprint density at radius 3 is 0.618 bits per heavy atom. The van der Waals surface area contributed by atoms with Crippen LogP contribution in [0.2, 0.25) is 0 Å². The summed E-state index contributed by atoms with van der Waals surface area (Å²) in [6.45, 7) is 60.6. The second-order valence-corrected chi connectivity index (χ2v) is 34.7. The third-order valence-corrected chi connectivity index (χ3v) is 18.2. The molecule has 0 amide bonds. The summed E-state index contributed by atoms with van der Waals surface area (Å²) in [5.74, 6) is 9.28. The van der Waals surface area contributed by atoms with Crippen molar-refractivity contribution in [2.45, 2.75) is 398 Å². The monoisotopic (exact) mass is 1420 g/mol. The third kappa shape index (κ3) is 51.9. The van der Waals surface area contributed by atoms with Crippen molar-refractivity contribution in [1.29, 1.82) is 0 Å². The summed E-state index contributed by atoms with van der Waals surface area (Å²) in [6.07, 6.45) is 48.7. The predicted octanol–water partition coefficient (Wildman–Crippen LogP) is 22.2. The average Bonchev–Trinajstić information content (AvgIpc) is 1.80. The molecule has 0 aliphatic carbocycles. The summed E-state index contributed by atoms with van der Waals surface area (Å²) in [6, 6.07) is 0. The van der Waals surface area contributed by atoms with Gasteiger partial charge in [-0.3, -0.25) is 0 Å². The van der Waals surface area contributed by atoms with Crippen LogP contribution >= 0.6 is 0 Å². The maximum atomic E-state index is 4.18. The Morgan fingerprint density at radius 1 is 0.186 bits per heavy atom. The van der Waals surface area contributed by atoms with Crippen LogP contribution in [0.4, 0.5) is 0 Å². The summed E-state index contributed by atoms with van der Waals surface area (Å²) in [5, 5.41) is 49.2. The second-order valence-electron chi connectivity index (χ2n) is 34.7. The van der Waals surface area contributed by atoms with Gasteiger partial charge in [-0.1, -0.05) is 274 Å². The minimum atomic E-state index is 0.674. The Labute approximate surface area is 627 Å². The molecule has 0 saturated heterocycles. The summed E-state index contributed by atoms with van der Waals surface area (Å²) >= 11 is 0. The Balaban J connectivity index is 0.000000612. The Bertz CT molecular complexity index is 2530. The molecule has 588 valence electrons. The Kier molecular flexibility index (Phi) is 54.9. The predicted molar refractivity (Wildman–Crippen MR) is 431 cm³/mol. The number of hydrogen-bond donors (Lipinski definition) is 0. The third-order valence-electron chi connectivity index (χ3n) is 18.2. The van der Waals surface area contributed by atoms with Crippen LogP contribution in [0.25, 0.3) is 0 Å². The van der Waals surface area contributed by atoms with Crippen LogP contribution < -0.4 is 0 Å². The molecule has 18 nitrogen and oxygen atoms in total. The molecule has 0 fully saturated rings. The molecule has 0 aliphatic heterocycles. The SMILES string of the molecule is CC(C)CCCCCn1nncc1CC(C)C.CC(C)CCCCCn1nncc1CC(C)C.CC(C)CCCCn1nncc1CCC(C)C.CC(C)CCCCn1nncc1CCC(C)C.CC(C)CCCc1cnnn1CCCC(C)C.CC(C)CCCc1cnnn1CCCC(C)C. The molecule has 18 heteroatoms. The fraction of sp³-hybridized carbons (Fsp3) is 0.857. The molecule has 0 atom stereocenters. The molecule has 6 aromatic heterocycles. The van der Waals surface area contributed by atoms with Crippen molar-refractivity contribution in [3.8, 4) is 0 Å². The number of aryl methyl sites for hydroxylation is 10. The smallest absolute Gasteiger partial charge is 0.0725 e. The van der Waals surface area contributed by atoms with Gasteiger partial charge in [0, 0.05) is 39.3 Å². The molecule has 0 bridgehead atoms. The maximum Gasteiger partial charge on any atom is 0.0725 e. The molecule has 6 heterocycles. The van der Waals surface area contributed by atoms with Gasteiger partial charge in [0.2, 0.25) is 0 Å². The molecule has 0 spiro atoms. The van der Waals surface area contributed by atoms with Crippen LogP contribution in [0.5, 0.6) is 0 Å². The van der Waals surface area contributed by atoms with Gasteiger partial charge in [0.1, 0.15) is 0 Å². The van der Waals surface area contributed by atoms with Gasteiger partial charge >= 0.3 is 0 Å². The van der Waals surface area contributed by atoms with E-state index >= 15 is 0 Å². The highest BCUT2D eigenvalue weighted by molar-refractivity contribution is 4.98. The summed E-state index contributed by atoms with van der Waals surface area (Å²) in [5.41, 5.74) is 7.75. The molecule has 0 unspecified atom stereocenters. The molecule has 0 saturated carbocycles. The number of hydrogen-bond acceptors (Lipinski definition) is 12. The van der Waals surface area contributed by atoms with Crippen molar-refractivity contribution in [1.82, 2.24) is 90.0 Å². The van der Waals surface area contributed by atoms with E-state index in [1.54, 1.807) is 0 Å². The zero-order chi connectivity index (χ0) is 76.0. The lowest BCUT2D eigenvalue weighted by Gasteiger charge is -2.08. The highest BCUT2D eigenvalue weighted by Crippen LogP contribution is 2.18. The van der Waals surface area contributed by atoms with E-state index in [1.807, 2.05) is 37.2 Å². The molecule has 6 rings (SSSR count). The first kappa shape index (κ1) is 94.9. The van der Waals surface area contributed by atoms with Crippen molar-refractivity contribution < 1.29 is 0 Å². The van der Waals surface area contributed by atoms with Crippen LogP contribution in [0.15, 0.2) is 37.2 Å². The van der Waals surface area contributed by atoms with Gasteiger partial charge in [-0.05, 0) is 187 Å². The van der Waals surface area contributed by atoms with Crippen molar-refractivity contribution in [3.63, 3.8) is 0 Å². The van der Waals surface area contributed by atoms with Crippen LogP contribution in [0.3, 0.4) is 0 Å². The van der Waals surface area contributed by atoms with Gasteiger partial charge in [-0.25, -0.2) is 28.1 Å². The summed E-state index contributed by atoms with van der Waals surface area (Å²) in [4.78, 5) is 0. The molecule has 0 N–H and O–H groups in total. The van der Waals surface area contributed by atoms with Crippen LogP contribution in [-0.4, -0.2) is 90.0 Å². The Hall–Kier alpha value is -5.16. The lowest BCUT2D eigenvalue weighted by Crippen LogP contribution is -2.07. The normalized spacial score (nSPS) is 11.6. The first-order valence-corrected chi connectivity index (χ1v) is 41.8. The van der Waals surface area contributed by atoms with E-state index < -0.39 is 0 Å². The highest BCUT2D eigenvalue weighted by Gasteiger charge is 2.12. The fourth-order valence-corrected chi connectivity index (χ4v) is 11.9. The number of aromatic nitrogens is 18.